The van der Waals surface area contributed by atoms with Gasteiger partial charge in [-0.05, 0) is 13.8 Å². The van der Waals surface area contributed by atoms with Gasteiger partial charge >= 0.3 is 11.5 Å². The lowest BCUT2D eigenvalue weighted by molar-refractivity contribution is -0.00000533. The second-order valence-corrected chi connectivity index (χ2v) is 7.29. The summed E-state index contributed by atoms with van der Waals surface area (Å²) in [6.45, 7) is 6.29. The minimum absolute atomic E-state index is 0. The van der Waals surface area contributed by atoms with Gasteiger partial charge in [-0.3, -0.25) is 9.98 Å². The van der Waals surface area contributed by atoms with Gasteiger partial charge in [-0.2, -0.15) is 0 Å². The molecule has 0 aromatic carbocycles. The van der Waals surface area contributed by atoms with Gasteiger partial charge in [0.25, 0.3) is 0 Å². The largest absolute Gasteiger partial charge is 1.00 e. The summed E-state index contributed by atoms with van der Waals surface area (Å²) in [5, 5.41) is 0. The average Bonchev–Trinajstić information content (AvgIpc) is 2.44. The molecule has 0 unspecified atom stereocenters. The van der Waals surface area contributed by atoms with Gasteiger partial charge in [0.05, 0.1) is 14.1 Å². The van der Waals surface area contributed by atoms with Crippen molar-refractivity contribution in [2.45, 2.75) is 13.8 Å². The third kappa shape index (κ3) is 6.39. The predicted molar refractivity (Wildman–Crippen MR) is 99.9 cm³/mol. The first-order valence-electron chi connectivity index (χ1n) is 7.51. The minimum Gasteiger partial charge on any atom is -1.00 e. The molecule has 0 radical (unpaired) electrons. The van der Waals surface area contributed by atoms with Crippen molar-refractivity contribution < 1.29 is 17.0 Å². The van der Waals surface area contributed by atoms with Gasteiger partial charge in [0, 0.05) is 55.4 Å². The van der Waals surface area contributed by atoms with Crippen LogP contribution in [0.3, 0.4) is 0 Å². The van der Waals surface area contributed by atoms with Gasteiger partial charge in [0.1, 0.15) is 0 Å². The zero-order valence-electron chi connectivity index (χ0n) is 16.3. The first-order valence-corrected chi connectivity index (χ1v) is 8.61. The van der Waals surface area contributed by atoms with Crippen molar-refractivity contribution in [2.75, 3.05) is 69.5 Å². The Kier molecular flexibility index (Phi) is 12.6. The third-order valence-corrected chi connectivity index (χ3v) is 5.47. The monoisotopic (exact) mass is 411 g/mol. The molecular formula is C14H34BrN7S. The molecule has 0 aliphatic rings. The van der Waals surface area contributed by atoms with Crippen molar-refractivity contribution in [2.24, 2.45) is 9.98 Å². The number of guanidine groups is 2. The highest BCUT2D eigenvalue weighted by Crippen LogP contribution is 2.17. The Labute approximate surface area is 156 Å². The Morgan fingerprint density at radius 2 is 1.04 bits per heavy atom. The number of rotatable bonds is 5. The topological polar surface area (TPSA) is 40.9 Å². The summed E-state index contributed by atoms with van der Waals surface area (Å²) in [6.07, 6.45) is 0. The van der Waals surface area contributed by atoms with Crippen LogP contribution in [-0.2, 0) is 11.5 Å². The summed E-state index contributed by atoms with van der Waals surface area (Å²) in [5.41, 5.74) is 0. The zero-order valence-corrected chi connectivity index (χ0v) is 18.7. The number of aliphatic imine (C=N–C) groups is 2. The molecule has 138 valence electrons. The fourth-order valence-corrected chi connectivity index (χ4v) is 4.68. The lowest BCUT2D eigenvalue weighted by Gasteiger charge is -2.33. The van der Waals surface area contributed by atoms with Gasteiger partial charge < -0.3 is 26.8 Å². The van der Waals surface area contributed by atoms with Crippen LogP contribution in [-0.4, -0.2) is 104 Å². The van der Waals surface area contributed by atoms with Gasteiger partial charge in [-0.1, -0.05) is 4.31 Å². The van der Waals surface area contributed by atoms with Crippen LogP contribution in [0.4, 0.5) is 0 Å². The molecule has 0 aliphatic heterocycles. The van der Waals surface area contributed by atoms with Crippen molar-refractivity contribution in [1.29, 1.82) is 0 Å². The fraction of sp³-hybridized carbons (Fsp3) is 0.857. The van der Waals surface area contributed by atoms with E-state index in [-0.39, 0.29) is 28.4 Å². The van der Waals surface area contributed by atoms with Crippen molar-refractivity contribution in [3.8, 4) is 0 Å². The van der Waals surface area contributed by atoms with Crippen molar-refractivity contribution in [1.82, 2.24) is 22.7 Å². The molecule has 0 bridgehead atoms. The Morgan fingerprint density at radius 3 is 1.22 bits per heavy atom. The van der Waals surface area contributed by atoms with Crippen molar-refractivity contribution in [3.63, 3.8) is 0 Å². The standard InChI is InChI=1S/C14H34N7S.BrH/c1-11-21(12-2)22(19(9)13(15-3)17(5)6)20(10)14(16-4)18(7)8;/h11-12H2,1-10H3;1H/q+1;/p-1. The lowest BCUT2D eigenvalue weighted by atomic mass is 10.7. The van der Waals surface area contributed by atoms with Crippen molar-refractivity contribution >= 4 is 23.4 Å². The van der Waals surface area contributed by atoms with Crippen molar-refractivity contribution in [3.05, 3.63) is 0 Å². The first kappa shape index (κ1) is 24.6. The van der Waals surface area contributed by atoms with Crippen LogP contribution < -0.4 is 17.0 Å². The Balaban J connectivity index is 0. The molecule has 0 heterocycles. The highest BCUT2D eigenvalue weighted by Gasteiger charge is 2.43. The molecule has 0 aliphatic carbocycles. The Hall–Kier alpha value is -0.670. The SMILES string of the molecule is CCN(CC)[S+](N(C)C(=NC)N(C)C)N(C)C(=NC)N(C)C.[Br-]. The summed E-state index contributed by atoms with van der Waals surface area (Å²) in [5.74, 6) is 1.88. The van der Waals surface area contributed by atoms with E-state index >= 15 is 0 Å². The van der Waals surface area contributed by atoms with E-state index in [1.807, 2.05) is 52.1 Å². The molecule has 23 heavy (non-hydrogen) atoms. The van der Waals surface area contributed by atoms with Crippen LogP contribution in [0.1, 0.15) is 13.8 Å². The summed E-state index contributed by atoms with van der Waals surface area (Å²) in [4.78, 5) is 13.0. The maximum atomic E-state index is 4.44. The zero-order chi connectivity index (χ0) is 17.4. The molecule has 0 aromatic heterocycles. The van der Waals surface area contributed by atoms with E-state index in [9.17, 15) is 0 Å². The van der Waals surface area contributed by atoms with Gasteiger partial charge in [-0.25, -0.2) is 0 Å². The molecule has 0 rings (SSSR count). The first-order chi connectivity index (χ1) is 10.3. The second kappa shape index (κ2) is 11.8. The smallest absolute Gasteiger partial charge is 0.329 e. The number of halogens is 1. The maximum Gasteiger partial charge on any atom is 0.329 e. The minimum atomic E-state index is -0.298. The van der Waals surface area contributed by atoms with E-state index in [4.69, 9.17) is 0 Å². The van der Waals surface area contributed by atoms with E-state index in [1.54, 1.807) is 0 Å². The molecule has 0 N–H and O–H groups in total. The summed E-state index contributed by atoms with van der Waals surface area (Å²) >= 11 is -0.298. The van der Waals surface area contributed by atoms with Crippen LogP contribution >= 0.6 is 0 Å². The van der Waals surface area contributed by atoms with E-state index in [2.05, 4.69) is 50.8 Å². The molecule has 0 saturated heterocycles. The van der Waals surface area contributed by atoms with Crippen LogP contribution in [0.5, 0.6) is 0 Å². The molecule has 0 fully saturated rings. The average molecular weight is 412 g/mol. The van der Waals surface area contributed by atoms with E-state index in [1.165, 1.54) is 0 Å². The van der Waals surface area contributed by atoms with E-state index < -0.39 is 0 Å². The van der Waals surface area contributed by atoms with Gasteiger partial charge in [0.2, 0.25) is 11.9 Å². The molecular weight excluding hydrogens is 378 g/mol. The fourth-order valence-electron chi connectivity index (χ4n) is 2.38. The molecule has 0 amide bonds. The molecule has 7 nitrogen and oxygen atoms in total. The normalized spacial score (nSPS) is 13.5. The third-order valence-electron chi connectivity index (χ3n) is 3.19. The number of hydrogen-bond donors (Lipinski definition) is 0. The number of nitrogens with zero attached hydrogens (tertiary/aromatic N) is 7. The van der Waals surface area contributed by atoms with Crippen LogP contribution in [0.15, 0.2) is 9.98 Å². The van der Waals surface area contributed by atoms with Gasteiger partial charge in [0.15, 0.2) is 0 Å². The molecule has 0 atom stereocenters. The van der Waals surface area contributed by atoms with Crippen LogP contribution in [0.25, 0.3) is 0 Å². The van der Waals surface area contributed by atoms with Crippen LogP contribution in [0, 0.1) is 0 Å². The Bertz CT molecular complexity index is 353. The quantitative estimate of drug-likeness (QED) is 0.288. The molecule has 9 heteroatoms. The summed E-state index contributed by atoms with van der Waals surface area (Å²) in [6, 6.07) is 0. The van der Waals surface area contributed by atoms with Gasteiger partial charge in [-0.15, -0.1) is 8.61 Å². The predicted octanol–water partition coefficient (Wildman–Crippen LogP) is -2.35. The summed E-state index contributed by atoms with van der Waals surface area (Å²) < 4.78 is 6.83. The number of hydrogen-bond acceptors (Lipinski definition) is 3. The van der Waals surface area contributed by atoms with Crippen LogP contribution in [0.2, 0.25) is 0 Å². The molecule has 0 saturated carbocycles. The summed E-state index contributed by atoms with van der Waals surface area (Å²) in [7, 11) is 15.9. The Morgan fingerprint density at radius 1 is 0.739 bits per heavy atom. The highest BCUT2D eigenvalue weighted by molar-refractivity contribution is 7.91. The maximum absolute atomic E-state index is 4.44. The second-order valence-electron chi connectivity index (χ2n) is 5.19. The molecule has 0 aromatic rings. The lowest BCUT2D eigenvalue weighted by Crippen LogP contribution is -3.00. The van der Waals surface area contributed by atoms with E-state index in [0.717, 1.165) is 25.0 Å². The van der Waals surface area contributed by atoms with E-state index in [0.29, 0.717) is 0 Å². The molecule has 0 spiro atoms. The highest BCUT2D eigenvalue weighted by atomic mass is 79.9.